The highest BCUT2D eigenvalue weighted by Crippen LogP contribution is 2.11. The molecule has 1 aromatic heterocycles. The maximum Gasteiger partial charge on any atom is 0.0898 e. The van der Waals surface area contributed by atoms with E-state index in [1.807, 2.05) is 6.92 Å². The molecule has 1 aliphatic rings. The average molecular weight is 212 g/mol. The summed E-state index contributed by atoms with van der Waals surface area (Å²) in [6.45, 7) is 5.80. The second kappa shape index (κ2) is 4.87. The molecule has 0 aromatic carbocycles. The molecule has 0 bridgehead atoms. The lowest BCUT2D eigenvalue weighted by molar-refractivity contribution is 0.0905. The van der Waals surface area contributed by atoms with E-state index in [2.05, 4.69) is 15.7 Å². The van der Waals surface area contributed by atoms with E-state index >= 15 is 0 Å². The number of aryl methyl sites for hydroxylation is 1. The van der Waals surface area contributed by atoms with Crippen molar-refractivity contribution in [1.29, 1.82) is 0 Å². The second-order valence-corrected chi connectivity index (χ2v) is 4.79. The molecule has 2 heterocycles. The summed E-state index contributed by atoms with van der Waals surface area (Å²) < 4.78 is 5.62. The minimum Gasteiger partial charge on any atom is -0.375 e. The summed E-state index contributed by atoms with van der Waals surface area (Å²) in [5, 5.41) is 6.52. The van der Waals surface area contributed by atoms with E-state index < -0.39 is 0 Å². The van der Waals surface area contributed by atoms with E-state index in [4.69, 9.17) is 4.74 Å². The molecule has 1 fully saturated rings. The topological polar surface area (TPSA) is 34.1 Å². The first-order chi connectivity index (χ1) is 6.84. The van der Waals surface area contributed by atoms with E-state index in [1.54, 1.807) is 11.3 Å². The van der Waals surface area contributed by atoms with Crippen LogP contribution in [0.25, 0.3) is 0 Å². The van der Waals surface area contributed by atoms with E-state index in [-0.39, 0.29) is 0 Å². The van der Waals surface area contributed by atoms with Gasteiger partial charge in [0, 0.05) is 11.9 Å². The summed E-state index contributed by atoms with van der Waals surface area (Å²) in [4.78, 5) is 4.35. The van der Waals surface area contributed by atoms with Gasteiger partial charge < -0.3 is 10.1 Å². The van der Waals surface area contributed by atoms with Crippen LogP contribution in [0.1, 0.15) is 17.1 Å². The van der Waals surface area contributed by atoms with E-state index in [0.29, 0.717) is 12.5 Å². The number of nitrogens with zero attached hydrogens (tertiary/aromatic N) is 1. The first kappa shape index (κ1) is 10.1. The maximum absolute atomic E-state index is 5.62. The Labute approximate surface area is 88.5 Å². The van der Waals surface area contributed by atoms with Crippen molar-refractivity contribution in [3.8, 4) is 0 Å². The fourth-order valence-electron chi connectivity index (χ4n) is 1.66. The molecule has 78 valence electrons. The summed E-state index contributed by atoms with van der Waals surface area (Å²) in [7, 11) is 0. The molecule has 1 aliphatic heterocycles. The zero-order valence-electron chi connectivity index (χ0n) is 8.45. The molecule has 0 spiro atoms. The fourth-order valence-corrected chi connectivity index (χ4v) is 2.26. The van der Waals surface area contributed by atoms with Gasteiger partial charge in [-0.2, -0.15) is 0 Å². The first-order valence-electron chi connectivity index (χ1n) is 5.04. The smallest absolute Gasteiger partial charge is 0.0898 e. The molecule has 1 unspecified atom stereocenters. The average Bonchev–Trinajstić information content (AvgIpc) is 2.77. The zero-order valence-corrected chi connectivity index (χ0v) is 9.27. The van der Waals surface area contributed by atoms with Gasteiger partial charge in [-0.05, 0) is 25.8 Å². The monoisotopic (exact) mass is 212 g/mol. The van der Waals surface area contributed by atoms with Crippen molar-refractivity contribution >= 4 is 11.3 Å². The van der Waals surface area contributed by atoms with Crippen LogP contribution < -0.4 is 5.32 Å². The Morgan fingerprint density at radius 2 is 2.64 bits per heavy atom. The third-order valence-electron chi connectivity index (χ3n) is 2.43. The molecule has 0 radical (unpaired) electrons. The van der Waals surface area contributed by atoms with Crippen molar-refractivity contribution in [3.63, 3.8) is 0 Å². The molecule has 4 heteroatoms. The summed E-state index contributed by atoms with van der Waals surface area (Å²) >= 11 is 1.68. The molecule has 2 rings (SSSR count). The van der Waals surface area contributed by atoms with Gasteiger partial charge in [-0.1, -0.05) is 0 Å². The molecule has 3 nitrogen and oxygen atoms in total. The van der Waals surface area contributed by atoms with Crippen LogP contribution >= 0.6 is 11.3 Å². The van der Waals surface area contributed by atoms with Crippen molar-refractivity contribution in [3.05, 3.63) is 16.1 Å². The summed E-state index contributed by atoms with van der Waals surface area (Å²) in [6, 6.07) is 0. The van der Waals surface area contributed by atoms with E-state index in [9.17, 15) is 0 Å². The van der Waals surface area contributed by atoms with E-state index in [1.165, 1.54) is 6.42 Å². The maximum atomic E-state index is 5.62. The molecular formula is C10H16N2OS. The zero-order chi connectivity index (χ0) is 9.80. The van der Waals surface area contributed by atoms with Crippen LogP contribution in [0.15, 0.2) is 5.38 Å². The third-order valence-corrected chi connectivity index (χ3v) is 3.25. The van der Waals surface area contributed by atoms with Gasteiger partial charge in [0.05, 0.1) is 23.9 Å². The van der Waals surface area contributed by atoms with Gasteiger partial charge in [-0.3, -0.25) is 0 Å². The number of aromatic nitrogens is 1. The quantitative estimate of drug-likeness (QED) is 0.822. The van der Waals surface area contributed by atoms with Gasteiger partial charge in [0.15, 0.2) is 0 Å². The highest BCUT2D eigenvalue weighted by Gasteiger charge is 2.14. The van der Waals surface area contributed by atoms with Crippen LogP contribution in [0.2, 0.25) is 0 Å². The van der Waals surface area contributed by atoms with Crippen LogP contribution in [0.5, 0.6) is 0 Å². The van der Waals surface area contributed by atoms with Crippen LogP contribution in [0, 0.1) is 12.8 Å². The van der Waals surface area contributed by atoms with Crippen molar-refractivity contribution < 1.29 is 4.74 Å². The van der Waals surface area contributed by atoms with Crippen LogP contribution in [-0.4, -0.2) is 24.7 Å². The van der Waals surface area contributed by atoms with Gasteiger partial charge in [0.1, 0.15) is 0 Å². The summed E-state index contributed by atoms with van der Waals surface area (Å²) in [5.41, 5.74) is 1.07. The molecule has 1 saturated heterocycles. The van der Waals surface area contributed by atoms with Crippen LogP contribution in [0.4, 0.5) is 0 Å². The van der Waals surface area contributed by atoms with E-state index in [0.717, 1.165) is 30.4 Å². The van der Waals surface area contributed by atoms with Gasteiger partial charge in [-0.15, -0.1) is 11.3 Å². The van der Waals surface area contributed by atoms with Crippen LogP contribution in [-0.2, 0) is 11.3 Å². The Hall–Kier alpha value is -0.450. The van der Waals surface area contributed by atoms with Gasteiger partial charge in [0.2, 0.25) is 0 Å². The van der Waals surface area contributed by atoms with Gasteiger partial charge in [-0.25, -0.2) is 4.98 Å². The normalized spacial score (nSPS) is 21.6. The Kier molecular flexibility index (Phi) is 3.50. The van der Waals surface area contributed by atoms with Gasteiger partial charge >= 0.3 is 0 Å². The fraction of sp³-hybridized carbons (Fsp3) is 0.700. The molecule has 1 aromatic rings. The van der Waals surface area contributed by atoms with Crippen molar-refractivity contribution in [2.45, 2.75) is 20.0 Å². The number of rotatable bonds is 4. The summed E-state index contributed by atoms with van der Waals surface area (Å²) in [5.74, 6) is 0.703. The lowest BCUT2D eigenvalue weighted by Crippen LogP contribution is -2.13. The molecule has 1 atom stereocenters. The minimum atomic E-state index is 0.667. The minimum absolute atomic E-state index is 0.667. The number of thiazole rings is 1. The Morgan fingerprint density at radius 1 is 1.71 bits per heavy atom. The molecule has 0 amide bonds. The predicted octanol–water partition coefficient (Wildman–Crippen LogP) is 1.58. The SMILES string of the molecule is Cc1nc(COCC2CCNC2)cs1. The second-order valence-electron chi connectivity index (χ2n) is 3.73. The van der Waals surface area contributed by atoms with Gasteiger partial charge in [0.25, 0.3) is 0 Å². The predicted molar refractivity (Wildman–Crippen MR) is 57.5 cm³/mol. The largest absolute Gasteiger partial charge is 0.375 e. The number of nitrogens with one attached hydrogen (secondary N) is 1. The standard InChI is InChI=1S/C10H16N2OS/c1-8-12-10(7-14-8)6-13-5-9-2-3-11-4-9/h7,9,11H,2-6H2,1H3. The molecule has 0 saturated carbocycles. The summed E-state index contributed by atoms with van der Waals surface area (Å²) in [6.07, 6.45) is 1.25. The molecule has 1 N–H and O–H groups in total. The lowest BCUT2D eigenvalue weighted by atomic mass is 10.1. The molecular weight excluding hydrogens is 196 g/mol. The molecule has 14 heavy (non-hydrogen) atoms. The molecule has 0 aliphatic carbocycles. The Morgan fingerprint density at radius 3 is 3.29 bits per heavy atom. The number of ether oxygens (including phenoxy) is 1. The Bertz CT molecular complexity index is 281. The Balaban J connectivity index is 1.67. The highest BCUT2D eigenvalue weighted by atomic mass is 32.1. The van der Waals surface area contributed by atoms with Crippen molar-refractivity contribution in [2.24, 2.45) is 5.92 Å². The number of hydrogen-bond acceptors (Lipinski definition) is 4. The highest BCUT2D eigenvalue weighted by molar-refractivity contribution is 7.09. The first-order valence-corrected chi connectivity index (χ1v) is 5.92. The lowest BCUT2D eigenvalue weighted by Gasteiger charge is -2.07. The third kappa shape index (κ3) is 2.77. The van der Waals surface area contributed by atoms with Crippen molar-refractivity contribution in [1.82, 2.24) is 10.3 Å². The number of hydrogen-bond donors (Lipinski definition) is 1. The van der Waals surface area contributed by atoms with Crippen molar-refractivity contribution in [2.75, 3.05) is 19.7 Å². The van der Waals surface area contributed by atoms with Crippen LogP contribution in [0.3, 0.4) is 0 Å².